The van der Waals surface area contributed by atoms with E-state index < -0.39 is 0 Å². The van der Waals surface area contributed by atoms with Gasteiger partial charge in [0.15, 0.2) is 0 Å². The predicted molar refractivity (Wildman–Crippen MR) is 104 cm³/mol. The van der Waals surface area contributed by atoms with Crippen molar-refractivity contribution in [2.45, 2.75) is 19.8 Å². The Balaban J connectivity index is 1.37. The smallest absolute Gasteiger partial charge is 0.253 e. The molecule has 0 aliphatic carbocycles. The molecule has 1 atom stereocenters. The zero-order valence-corrected chi connectivity index (χ0v) is 15.7. The van der Waals surface area contributed by atoms with Crippen molar-refractivity contribution >= 4 is 22.8 Å². The normalized spacial score (nSPS) is 16.9. The second-order valence-electron chi connectivity index (χ2n) is 7.25. The molecule has 1 aliphatic rings. The molecule has 8 heteroatoms. The van der Waals surface area contributed by atoms with Crippen molar-refractivity contribution in [2.24, 2.45) is 5.92 Å². The van der Waals surface area contributed by atoms with Crippen LogP contribution in [-0.4, -0.2) is 56.7 Å². The van der Waals surface area contributed by atoms with Gasteiger partial charge in [0.05, 0.1) is 5.56 Å². The van der Waals surface area contributed by atoms with Gasteiger partial charge in [-0.05, 0) is 55.5 Å². The Morgan fingerprint density at radius 3 is 2.89 bits per heavy atom. The van der Waals surface area contributed by atoms with Crippen LogP contribution >= 0.6 is 0 Å². The number of nitrogens with zero attached hydrogens (tertiary/aromatic N) is 4. The van der Waals surface area contributed by atoms with Crippen LogP contribution in [-0.2, 0) is 0 Å². The molecular formula is C20H22N6O2. The van der Waals surface area contributed by atoms with E-state index in [-0.39, 0.29) is 17.7 Å². The monoisotopic (exact) mass is 378 g/mol. The first-order valence-corrected chi connectivity index (χ1v) is 9.40. The highest BCUT2D eigenvalue weighted by Crippen LogP contribution is 2.20. The number of benzene rings is 1. The Hall–Kier alpha value is -3.29. The molecule has 0 saturated carbocycles. The van der Waals surface area contributed by atoms with Crippen molar-refractivity contribution in [3.8, 4) is 0 Å². The SMILES string of the molecule is Cc1cncc(C(=O)NCC2CCCN(C(=O)c3ccc4n[nH]nc4c3)C2)c1. The Kier molecular flexibility index (Phi) is 5.01. The van der Waals surface area contributed by atoms with E-state index in [0.29, 0.717) is 29.7 Å². The standard InChI is InChI=1S/C20H22N6O2/c1-13-7-16(11-21-9-13)19(27)22-10-14-3-2-6-26(12-14)20(28)15-4-5-17-18(8-15)24-25-23-17/h4-5,7-9,11,14H,2-3,6,10,12H2,1H3,(H,22,27)(H,23,24,25). The third-order valence-corrected chi connectivity index (χ3v) is 5.06. The van der Waals surface area contributed by atoms with Crippen molar-refractivity contribution in [1.29, 1.82) is 0 Å². The van der Waals surface area contributed by atoms with Gasteiger partial charge in [-0.15, -0.1) is 0 Å². The van der Waals surface area contributed by atoms with Gasteiger partial charge >= 0.3 is 0 Å². The third-order valence-electron chi connectivity index (χ3n) is 5.06. The topological polar surface area (TPSA) is 104 Å². The molecule has 0 radical (unpaired) electrons. The predicted octanol–water partition coefficient (Wildman–Crippen LogP) is 1.94. The van der Waals surface area contributed by atoms with E-state index >= 15 is 0 Å². The minimum atomic E-state index is -0.129. The summed E-state index contributed by atoms with van der Waals surface area (Å²) in [5.41, 5.74) is 3.53. The summed E-state index contributed by atoms with van der Waals surface area (Å²) in [5.74, 6) is 0.0927. The first-order chi connectivity index (χ1) is 13.6. The molecule has 144 valence electrons. The number of fused-ring (bicyclic) bond motifs is 1. The maximum Gasteiger partial charge on any atom is 0.253 e. The fourth-order valence-electron chi connectivity index (χ4n) is 3.59. The molecule has 2 N–H and O–H groups in total. The number of aryl methyl sites for hydroxylation is 1. The van der Waals surface area contributed by atoms with E-state index in [1.54, 1.807) is 30.6 Å². The maximum atomic E-state index is 12.9. The number of carbonyl (C=O) groups excluding carboxylic acids is 2. The molecule has 0 spiro atoms. The van der Waals surface area contributed by atoms with Crippen LogP contribution in [0, 0.1) is 12.8 Å². The number of aromatic amines is 1. The lowest BCUT2D eigenvalue weighted by Gasteiger charge is -2.33. The first-order valence-electron chi connectivity index (χ1n) is 9.40. The van der Waals surface area contributed by atoms with Gasteiger partial charge in [-0.25, -0.2) is 0 Å². The van der Waals surface area contributed by atoms with Gasteiger partial charge in [0, 0.05) is 37.6 Å². The molecule has 1 unspecified atom stereocenters. The fourth-order valence-corrected chi connectivity index (χ4v) is 3.59. The minimum absolute atomic E-state index is 0.0104. The molecule has 8 nitrogen and oxygen atoms in total. The molecule has 3 heterocycles. The van der Waals surface area contributed by atoms with Crippen LogP contribution in [0.25, 0.3) is 11.0 Å². The van der Waals surface area contributed by atoms with Crippen molar-refractivity contribution in [3.63, 3.8) is 0 Å². The number of hydrogen-bond donors (Lipinski definition) is 2. The zero-order valence-electron chi connectivity index (χ0n) is 15.7. The average molecular weight is 378 g/mol. The van der Waals surface area contributed by atoms with Gasteiger partial charge in [-0.1, -0.05) is 0 Å². The van der Waals surface area contributed by atoms with Crippen LogP contribution in [0.4, 0.5) is 0 Å². The van der Waals surface area contributed by atoms with Crippen molar-refractivity contribution in [1.82, 2.24) is 30.6 Å². The number of amides is 2. The Bertz CT molecular complexity index is 1010. The third kappa shape index (κ3) is 3.85. The Morgan fingerprint density at radius 2 is 2.04 bits per heavy atom. The summed E-state index contributed by atoms with van der Waals surface area (Å²) in [4.78, 5) is 31.1. The maximum absolute atomic E-state index is 12.9. The second-order valence-corrected chi connectivity index (χ2v) is 7.25. The Morgan fingerprint density at radius 1 is 1.18 bits per heavy atom. The van der Waals surface area contributed by atoms with Crippen LogP contribution < -0.4 is 5.32 Å². The summed E-state index contributed by atoms with van der Waals surface area (Å²) in [7, 11) is 0. The molecule has 1 saturated heterocycles. The highest BCUT2D eigenvalue weighted by Gasteiger charge is 2.25. The van der Waals surface area contributed by atoms with E-state index in [4.69, 9.17) is 0 Å². The van der Waals surface area contributed by atoms with Gasteiger partial charge in [-0.3, -0.25) is 14.6 Å². The van der Waals surface area contributed by atoms with E-state index in [2.05, 4.69) is 25.7 Å². The molecule has 1 fully saturated rings. The summed E-state index contributed by atoms with van der Waals surface area (Å²) in [5, 5.41) is 13.6. The molecule has 3 aromatic rings. The van der Waals surface area contributed by atoms with E-state index in [0.717, 1.165) is 30.5 Å². The highest BCUT2D eigenvalue weighted by molar-refractivity contribution is 5.97. The lowest BCUT2D eigenvalue weighted by Crippen LogP contribution is -2.43. The molecule has 1 aliphatic heterocycles. The number of pyridine rings is 1. The van der Waals surface area contributed by atoms with Gasteiger partial charge in [0.1, 0.15) is 11.0 Å². The minimum Gasteiger partial charge on any atom is -0.352 e. The van der Waals surface area contributed by atoms with Crippen molar-refractivity contribution in [2.75, 3.05) is 19.6 Å². The number of nitrogens with one attached hydrogen (secondary N) is 2. The van der Waals surface area contributed by atoms with Crippen LogP contribution in [0.15, 0.2) is 36.7 Å². The van der Waals surface area contributed by atoms with Crippen LogP contribution in [0.1, 0.15) is 39.1 Å². The summed E-state index contributed by atoms with van der Waals surface area (Å²) in [6.07, 6.45) is 5.19. The number of likely N-dealkylation sites (tertiary alicyclic amines) is 1. The lowest BCUT2D eigenvalue weighted by atomic mass is 9.97. The molecule has 28 heavy (non-hydrogen) atoms. The molecular weight excluding hydrogens is 356 g/mol. The number of hydrogen-bond acceptors (Lipinski definition) is 5. The second kappa shape index (κ2) is 7.75. The van der Waals surface area contributed by atoms with Gasteiger partial charge < -0.3 is 10.2 Å². The lowest BCUT2D eigenvalue weighted by molar-refractivity contribution is 0.0671. The summed E-state index contributed by atoms with van der Waals surface area (Å²) >= 11 is 0. The zero-order chi connectivity index (χ0) is 19.5. The van der Waals surface area contributed by atoms with Crippen molar-refractivity contribution < 1.29 is 9.59 Å². The number of rotatable bonds is 4. The van der Waals surface area contributed by atoms with Crippen LogP contribution in [0.5, 0.6) is 0 Å². The number of aromatic nitrogens is 4. The van der Waals surface area contributed by atoms with Crippen LogP contribution in [0.3, 0.4) is 0 Å². The summed E-state index contributed by atoms with van der Waals surface area (Å²) < 4.78 is 0. The average Bonchev–Trinajstić information content (AvgIpc) is 3.19. The molecule has 0 bridgehead atoms. The summed E-state index contributed by atoms with van der Waals surface area (Å²) in [6, 6.07) is 7.16. The molecule has 4 rings (SSSR count). The molecule has 2 aromatic heterocycles. The van der Waals surface area contributed by atoms with E-state index in [1.807, 2.05) is 17.9 Å². The van der Waals surface area contributed by atoms with Crippen molar-refractivity contribution in [3.05, 3.63) is 53.3 Å². The molecule has 1 aromatic carbocycles. The van der Waals surface area contributed by atoms with E-state index in [9.17, 15) is 9.59 Å². The largest absolute Gasteiger partial charge is 0.352 e. The summed E-state index contributed by atoms with van der Waals surface area (Å²) in [6.45, 7) is 3.80. The molecule has 2 amide bonds. The van der Waals surface area contributed by atoms with Crippen LogP contribution in [0.2, 0.25) is 0 Å². The number of H-pyrrole nitrogens is 1. The Labute approximate surface area is 162 Å². The van der Waals surface area contributed by atoms with Gasteiger partial charge in [-0.2, -0.15) is 15.4 Å². The van der Waals surface area contributed by atoms with E-state index in [1.165, 1.54) is 0 Å². The fraction of sp³-hybridized carbons (Fsp3) is 0.350. The quantitative estimate of drug-likeness (QED) is 0.722. The number of carbonyl (C=O) groups is 2. The highest BCUT2D eigenvalue weighted by atomic mass is 16.2. The van der Waals surface area contributed by atoms with Gasteiger partial charge in [0.25, 0.3) is 11.8 Å². The first kappa shape index (κ1) is 18.1. The number of piperidine rings is 1. The van der Waals surface area contributed by atoms with Gasteiger partial charge in [0.2, 0.25) is 0 Å².